The molecule has 0 aliphatic heterocycles. The number of amides is 1. The molecule has 0 aliphatic rings. The van der Waals surface area contributed by atoms with Gasteiger partial charge in [0.1, 0.15) is 0 Å². The number of carbonyl (C=O) groups excluding carboxylic acids is 1. The predicted octanol–water partition coefficient (Wildman–Crippen LogP) is 1.65. The van der Waals surface area contributed by atoms with Gasteiger partial charge in [-0.25, -0.2) is 0 Å². The maximum absolute atomic E-state index is 11.6. The summed E-state index contributed by atoms with van der Waals surface area (Å²) in [5.41, 5.74) is 0.946. The van der Waals surface area contributed by atoms with E-state index in [4.69, 9.17) is 0 Å². The average molecular weight is 235 g/mol. The summed E-state index contributed by atoms with van der Waals surface area (Å²) in [6.07, 6.45) is 3.51. The van der Waals surface area contributed by atoms with Crippen molar-refractivity contribution in [1.82, 2.24) is 15.6 Å². The third-order valence-corrected chi connectivity index (χ3v) is 2.29. The smallest absolute Gasteiger partial charge is 0.234 e. The summed E-state index contributed by atoms with van der Waals surface area (Å²) in [4.78, 5) is 15.6. The van der Waals surface area contributed by atoms with Crippen molar-refractivity contribution in [2.75, 3.05) is 6.54 Å². The minimum absolute atomic E-state index is 0.0124. The first-order valence-corrected chi connectivity index (χ1v) is 5.83. The molecule has 0 aliphatic carbocycles. The van der Waals surface area contributed by atoms with Crippen LogP contribution in [0.25, 0.3) is 0 Å². The zero-order valence-electron chi connectivity index (χ0n) is 10.9. The molecule has 1 aromatic rings. The third kappa shape index (κ3) is 5.45. The summed E-state index contributed by atoms with van der Waals surface area (Å²) < 4.78 is 0. The summed E-state index contributed by atoms with van der Waals surface area (Å²) in [7, 11) is 0. The Hall–Kier alpha value is -1.42. The van der Waals surface area contributed by atoms with Crippen LogP contribution in [0.2, 0.25) is 0 Å². The Bertz CT molecular complexity index is 357. The zero-order valence-corrected chi connectivity index (χ0v) is 10.9. The van der Waals surface area contributed by atoms with Crippen molar-refractivity contribution in [2.45, 2.75) is 39.3 Å². The highest BCUT2D eigenvalue weighted by molar-refractivity contribution is 5.78. The second-order valence-electron chi connectivity index (χ2n) is 5.18. The second kappa shape index (κ2) is 5.77. The van der Waals surface area contributed by atoms with Crippen molar-refractivity contribution >= 4 is 5.91 Å². The molecule has 4 nitrogen and oxygen atoms in total. The highest BCUT2D eigenvalue weighted by atomic mass is 16.2. The molecule has 1 rings (SSSR count). The second-order valence-corrected chi connectivity index (χ2v) is 5.18. The summed E-state index contributed by atoms with van der Waals surface area (Å²) in [5.74, 6) is 0.0124. The molecular weight excluding hydrogens is 214 g/mol. The van der Waals surface area contributed by atoms with Crippen LogP contribution in [-0.2, 0) is 4.79 Å². The van der Waals surface area contributed by atoms with Crippen molar-refractivity contribution < 1.29 is 4.79 Å². The molecule has 1 amide bonds. The lowest BCUT2D eigenvalue weighted by atomic mass is 10.1. The lowest BCUT2D eigenvalue weighted by molar-refractivity contribution is -0.121. The van der Waals surface area contributed by atoms with Crippen LogP contribution in [0.3, 0.4) is 0 Å². The highest BCUT2D eigenvalue weighted by Crippen LogP contribution is 2.09. The number of rotatable bonds is 4. The van der Waals surface area contributed by atoms with Crippen molar-refractivity contribution in [3.8, 4) is 0 Å². The quantitative estimate of drug-likeness (QED) is 0.834. The molecule has 0 radical (unpaired) electrons. The molecule has 17 heavy (non-hydrogen) atoms. The maximum atomic E-state index is 11.6. The van der Waals surface area contributed by atoms with Crippen LogP contribution in [-0.4, -0.2) is 23.0 Å². The van der Waals surface area contributed by atoms with Gasteiger partial charge in [0.05, 0.1) is 6.54 Å². The number of pyridine rings is 1. The van der Waals surface area contributed by atoms with Crippen LogP contribution in [0.1, 0.15) is 39.3 Å². The van der Waals surface area contributed by atoms with Gasteiger partial charge in [0, 0.05) is 24.0 Å². The molecule has 0 unspecified atom stereocenters. The standard InChI is InChI=1S/C13H21N3O/c1-10(11-5-7-14-8-6-11)15-9-12(17)16-13(2,3)4/h5-8,10,15H,9H2,1-4H3,(H,16,17)/t10-/m1/s1. The van der Waals surface area contributed by atoms with E-state index >= 15 is 0 Å². The van der Waals surface area contributed by atoms with Crippen molar-refractivity contribution in [1.29, 1.82) is 0 Å². The molecule has 0 bridgehead atoms. The van der Waals surface area contributed by atoms with E-state index < -0.39 is 0 Å². The first kappa shape index (κ1) is 13.6. The Morgan fingerprint density at radius 3 is 2.47 bits per heavy atom. The average Bonchev–Trinajstić information content (AvgIpc) is 2.25. The third-order valence-electron chi connectivity index (χ3n) is 2.29. The van der Waals surface area contributed by atoms with Crippen molar-refractivity contribution in [3.05, 3.63) is 30.1 Å². The fourth-order valence-corrected chi connectivity index (χ4v) is 1.48. The first-order valence-electron chi connectivity index (χ1n) is 5.83. The van der Waals surface area contributed by atoms with E-state index in [1.165, 1.54) is 0 Å². The van der Waals surface area contributed by atoms with E-state index in [0.717, 1.165) is 5.56 Å². The molecule has 1 heterocycles. The Balaban J connectivity index is 2.39. The Kier molecular flexibility index (Phi) is 4.63. The molecule has 2 N–H and O–H groups in total. The maximum Gasteiger partial charge on any atom is 0.234 e. The van der Waals surface area contributed by atoms with E-state index in [1.54, 1.807) is 12.4 Å². The number of nitrogens with one attached hydrogen (secondary N) is 2. The van der Waals surface area contributed by atoms with Crippen LogP contribution < -0.4 is 10.6 Å². The monoisotopic (exact) mass is 235 g/mol. The lowest BCUT2D eigenvalue weighted by Gasteiger charge is -2.21. The Morgan fingerprint density at radius 1 is 1.35 bits per heavy atom. The molecule has 0 fully saturated rings. The molecule has 0 aromatic carbocycles. The number of aromatic nitrogens is 1. The van der Waals surface area contributed by atoms with Gasteiger partial charge in [0.15, 0.2) is 0 Å². The minimum atomic E-state index is -0.182. The van der Waals surface area contributed by atoms with Crippen LogP contribution in [0, 0.1) is 0 Å². The molecular formula is C13H21N3O. The lowest BCUT2D eigenvalue weighted by Crippen LogP contribution is -2.45. The number of carbonyl (C=O) groups is 1. The summed E-state index contributed by atoms with van der Waals surface area (Å²) in [6, 6.07) is 4.03. The predicted molar refractivity (Wildman–Crippen MR) is 68.6 cm³/mol. The van der Waals surface area contributed by atoms with E-state index in [1.807, 2.05) is 39.8 Å². The molecule has 1 aromatic heterocycles. The van der Waals surface area contributed by atoms with Gasteiger partial charge in [0.25, 0.3) is 0 Å². The van der Waals surface area contributed by atoms with Crippen LogP contribution in [0.5, 0.6) is 0 Å². The normalized spacial score (nSPS) is 13.2. The van der Waals surface area contributed by atoms with Gasteiger partial charge in [-0.3, -0.25) is 9.78 Å². The molecule has 0 saturated heterocycles. The van der Waals surface area contributed by atoms with E-state index in [-0.39, 0.29) is 17.5 Å². The Labute approximate surface area is 103 Å². The Morgan fingerprint density at radius 2 is 1.94 bits per heavy atom. The van der Waals surface area contributed by atoms with Crippen molar-refractivity contribution in [2.24, 2.45) is 0 Å². The van der Waals surface area contributed by atoms with Gasteiger partial charge in [-0.1, -0.05) is 0 Å². The SMILES string of the molecule is C[C@@H](NCC(=O)NC(C)(C)C)c1ccncc1. The van der Waals surface area contributed by atoms with Crippen molar-refractivity contribution in [3.63, 3.8) is 0 Å². The summed E-state index contributed by atoms with van der Waals surface area (Å²) >= 11 is 0. The topological polar surface area (TPSA) is 54.0 Å². The molecule has 0 spiro atoms. The van der Waals surface area contributed by atoms with Gasteiger partial charge in [-0.2, -0.15) is 0 Å². The van der Waals surface area contributed by atoms with Gasteiger partial charge in [-0.05, 0) is 45.4 Å². The van der Waals surface area contributed by atoms with Gasteiger partial charge in [0.2, 0.25) is 5.91 Å². The van der Waals surface area contributed by atoms with E-state index in [9.17, 15) is 4.79 Å². The fourth-order valence-electron chi connectivity index (χ4n) is 1.48. The van der Waals surface area contributed by atoms with Gasteiger partial charge < -0.3 is 10.6 Å². The van der Waals surface area contributed by atoms with Gasteiger partial charge >= 0.3 is 0 Å². The number of hydrogen-bond donors (Lipinski definition) is 2. The number of nitrogens with zero attached hydrogens (tertiary/aromatic N) is 1. The molecule has 4 heteroatoms. The fraction of sp³-hybridized carbons (Fsp3) is 0.538. The zero-order chi connectivity index (χ0) is 12.9. The largest absolute Gasteiger partial charge is 0.350 e. The van der Waals surface area contributed by atoms with Crippen LogP contribution >= 0.6 is 0 Å². The van der Waals surface area contributed by atoms with Crippen LogP contribution in [0.15, 0.2) is 24.5 Å². The molecule has 94 valence electrons. The van der Waals surface area contributed by atoms with E-state index in [2.05, 4.69) is 15.6 Å². The molecule has 0 saturated carbocycles. The highest BCUT2D eigenvalue weighted by Gasteiger charge is 2.14. The first-order chi connectivity index (χ1) is 7.88. The molecule has 1 atom stereocenters. The van der Waals surface area contributed by atoms with Gasteiger partial charge in [-0.15, -0.1) is 0 Å². The van der Waals surface area contributed by atoms with E-state index in [0.29, 0.717) is 6.54 Å². The summed E-state index contributed by atoms with van der Waals surface area (Å²) in [6.45, 7) is 8.26. The summed E-state index contributed by atoms with van der Waals surface area (Å²) in [5, 5.41) is 6.09. The number of hydrogen-bond acceptors (Lipinski definition) is 3. The van der Waals surface area contributed by atoms with Crippen LogP contribution in [0.4, 0.5) is 0 Å². The minimum Gasteiger partial charge on any atom is -0.350 e.